The van der Waals surface area contributed by atoms with Crippen molar-refractivity contribution in [1.29, 1.82) is 0 Å². The first kappa shape index (κ1) is 24.1. The Morgan fingerprint density at radius 1 is 1.03 bits per heavy atom. The van der Waals surface area contributed by atoms with Crippen LogP contribution in [0, 0.1) is 13.8 Å². The molecule has 0 bridgehead atoms. The van der Waals surface area contributed by atoms with E-state index >= 15 is 0 Å². The third kappa shape index (κ3) is 5.54. The minimum absolute atomic E-state index is 0.0719. The number of hydrogen-bond donors (Lipinski definition) is 0. The Morgan fingerprint density at radius 3 is 2.50 bits per heavy atom. The van der Waals surface area contributed by atoms with Gasteiger partial charge in [-0.25, -0.2) is 8.42 Å². The molecule has 178 valence electrons. The second-order valence-corrected chi connectivity index (χ2v) is 10.7. The Bertz CT molecular complexity index is 1280. The Hall–Kier alpha value is -3.02. The van der Waals surface area contributed by atoms with Gasteiger partial charge in [0.15, 0.2) is 0 Å². The summed E-state index contributed by atoms with van der Waals surface area (Å²) in [6.45, 7) is 5.25. The van der Waals surface area contributed by atoms with Crippen LogP contribution in [0.2, 0.25) is 0 Å². The maximum Gasteiger partial charge on any atom is 0.236 e. The summed E-state index contributed by atoms with van der Waals surface area (Å²) < 4.78 is 28.3. The van der Waals surface area contributed by atoms with Crippen LogP contribution in [0.3, 0.4) is 0 Å². The van der Waals surface area contributed by atoms with Crippen molar-refractivity contribution in [3.63, 3.8) is 0 Å². The summed E-state index contributed by atoms with van der Waals surface area (Å²) in [6.07, 6.45) is 1.59. The summed E-state index contributed by atoms with van der Waals surface area (Å²) in [6, 6.07) is 15.2. The molecule has 1 aliphatic heterocycles. The molecular weight excluding hydrogens is 472 g/mol. The maximum atomic E-state index is 12.8. The molecule has 0 atom stereocenters. The van der Waals surface area contributed by atoms with Crippen molar-refractivity contribution in [2.75, 3.05) is 31.9 Å². The molecule has 11 heteroatoms. The fourth-order valence-corrected chi connectivity index (χ4v) is 5.57. The number of sulfonamides is 1. The SMILES string of the molecule is Cc1cccc(-n2nnnc2SCC(=O)N2CCN(S(=O)(=O)/C=C/c3ccccc3)CC2)c1C. The number of carbonyl (C=O) groups is 1. The van der Waals surface area contributed by atoms with Crippen LogP contribution in [-0.4, -0.2) is 75.7 Å². The van der Waals surface area contributed by atoms with Crippen LogP contribution in [-0.2, 0) is 14.8 Å². The lowest BCUT2D eigenvalue weighted by molar-refractivity contribution is -0.129. The van der Waals surface area contributed by atoms with Crippen LogP contribution in [0.15, 0.2) is 59.1 Å². The van der Waals surface area contributed by atoms with Crippen molar-refractivity contribution in [2.24, 2.45) is 0 Å². The summed E-state index contributed by atoms with van der Waals surface area (Å²) in [5, 5.41) is 13.7. The van der Waals surface area contributed by atoms with Gasteiger partial charge in [-0.1, -0.05) is 54.2 Å². The van der Waals surface area contributed by atoms with Crippen LogP contribution < -0.4 is 0 Å². The fraction of sp³-hybridized carbons (Fsp3) is 0.304. The molecule has 4 rings (SSSR count). The number of thioether (sulfide) groups is 1. The predicted molar refractivity (Wildman–Crippen MR) is 132 cm³/mol. The summed E-state index contributed by atoms with van der Waals surface area (Å²) in [5.74, 6) is 0.101. The first-order chi connectivity index (χ1) is 16.3. The predicted octanol–water partition coefficient (Wildman–Crippen LogP) is 2.52. The van der Waals surface area contributed by atoms with Crippen LogP contribution >= 0.6 is 11.8 Å². The van der Waals surface area contributed by atoms with E-state index in [0.717, 1.165) is 22.4 Å². The van der Waals surface area contributed by atoms with Gasteiger partial charge < -0.3 is 4.90 Å². The number of amides is 1. The lowest BCUT2D eigenvalue weighted by atomic mass is 10.1. The van der Waals surface area contributed by atoms with E-state index in [1.54, 1.807) is 15.7 Å². The number of hydrogen-bond acceptors (Lipinski definition) is 7. The van der Waals surface area contributed by atoms with Gasteiger partial charge in [0.05, 0.1) is 11.4 Å². The molecule has 0 unspecified atom stereocenters. The molecule has 1 amide bonds. The van der Waals surface area contributed by atoms with Crippen molar-refractivity contribution in [3.8, 4) is 5.69 Å². The van der Waals surface area contributed by atoms with E-state index in [2.05, 4.69) is 15.5 Å². The van der Waals surface area contributed by atoms with Gasteiger partial charge in [0.2, 0.25) is 21.1 Å². The standard InChI is InChI=1S/C23H26N6O3S2/c1-18-7-6-10-21(19(18)2)29-23(24-25-26-29)33-17-22(30)27-12-14-28(15-13-27)34(31,32)16-11-20-8-4-3-5-9-20/h3-11,16H,12-15,17H2,1-2H3/b16-11+. The van der Waals surface area contributed by atoms with Crippen molar-refractivity contribution < 1.29 is 13.2 Å². The summed E-state index contributed by atoms with van der Waals surface area (Å²) in [4.78, 5) is 14.5. The first-order valence-electron chi connectivity index (χ1n) is 10.8. The zero-order chi connectivity index (χ0) is 24.1. The second kappa shape index (κ2) is 10.5. The topological polar surface area (TPSA) is 101 Å². The fourth-order valence-electron chi connectivity index (χ4n) is 3.61. The molecule has 0 radical (unpaired) electrons. The van der Waals surface area contributed by atoms with E-state index in [4.69, 9.17) is 0 Å². The number of piperazine rings is 1. The van der Waals surface area contributed by atoms with Crippen LogP contribution in [0.25, 0.3) is 11.8 Å². The largest absolute Gasteiger partial charge is 0.339 e. The van der Waals surface area contributed by atoms with Gasteiger partial charge in [-0.05, 0) is 53.1 Å². The van der Waals surface area contributed by atoms with Gasteiger partial charge in [0.25, 0.3) is 0 Å². The van der Waals surface area contributed by atoms with Crippen LogP contribution in [0.1, 0.15) is 16.7 Å². The number of tetrazole rings is 1. The van der Waals surface area contributed by atoms with E-state index in [0.29, 0.717) is 18.2 Å². The minimum Gasteiger partial charge on any atom is -0.339 e. The zero-order valence-corrected chi connectivity index (χ0v) is 20.7. The van der Waals surface area contributed by atoms with E-state index in [9.17, 15) is 13.2 Å². The molecule has 0 saturated carbocycles. The highest BCUT2D eigenvalue weighted by Crippen LogP contribution is 2.23. The number of aromatic nitrogens is 4. The van der Waals surface area contributed by atoms with Gasteiger partial charge >= 0.3 is 0 Å². The van der Waals surface area contributed by atoms with Gasteiger partial charge in [0.1, 0.15) is 0 Å². The third-order valence-corrected chi connectivity index (χ3v) is 8.22. The molecule has 1 fully saturated rings. The monoisotopic (exact) mass is 498 g/mol. The van der Waals surface area contributed by atoms with Crippen molar-refractivity contribution in [2.45, 2.75) is 19.0 Å². The molecule has 0 aliphatic carbocycles. The Morgan fingerprint density at radius 2 is 1.76 bits per heavy atom. The lowest BCUT2D eigenvalue weighted by Gasteiger charge is -2.33. The summed E-state index contributed by atoms with van der Waals surface area (Å²) in [5.41, 5.74) is 3.90. The molecule has 1 saturated heterocycles. The van der Waals surface area contributed by atoms with Crippen LogP contribution in [0.4, 0.5) is 0 Å². The van der Waals surface area contributed by atoms with Gasteiger partial charge in [-0.2, -0.15) is 8.99 Å². The first-order valence-corrected chi connectivity index (χ1v) is 13.3. The minimum atomic E-state index is -3.54. The van der Waals surface area contributed by atoms with Gasteiger partial charge in [-0.15, -0.1) is 5.10 Å². The van der Waals surface area contributed by atoms with E-state index in [1.807, 2.05) is 62.4 Å². The maximum absolute atomic E-state index is 12.8. The quantitative estimate of drug-likeness (QED) is 0.461. The Labute approximate surface area is 203 Å². The molecule has 3 aromatic rings. The summed E-state index contributed by atoms with van der Waals surface area (Å²) >= 11 is 1.27. The number of benzene rings is 2. The molecule has 2 aromatic carbocycles. The molecule has 2 heterocycles. The summed E-state index contributed by atoms with van der Waals surface area (Å²) in [7, 11) is -3.54. The van der Waals surface area contributed by atoms with Crippen molar-refractivity contribution in [3.05, 3.63) is 70.6 Å². The van der Waals surface area contributed by atoms with E-state index < -0.39 is 10.0 Å². The average Bonchev–Trinajstić information content (AvgIpc) is 3.32. The number of aryl methyl sites for hydroxylation is 1. The average molecular weight is 499 g/mol. The molecular formula is C23H26N6O3S2. The molecule has 34 heavy (non-hydrogen) atoms. The van der Waals surface area contributed by atoms with Crippen LogP contribution in [0.5, 0.6) is 0 Å². The number of carbonyl (C=O) groups excluding carboxylic acids is 1. The molecule has 0 spiro atoms. The smallest absolute Gasteiger partial charge is 0.236 e. The highest BCUT2D eigenvalue weighted by molar-refractivity contribution is 7.99. The molecule has 0 N–H and O–H groups in total. The Balaban J connectivity index is 1.32. The lowest BCUT2D eigenvalue weighted by Crippen LogP contribution is -2.50. The molecule has 9 nitrogen and oxygen atoms in total. The van der Waals surface area contributed by atoms with Crippen molar-refractivity contribution >= 4 is 33.8 Å². The highest BCUT2D eigenvalue weighted by atomic mass is 32.2. The Kier molecular flexibility index (Phi) is 7.44. The normalized spacial score (nSPS) is 15.2. The number of rotatable bonds is 7. The van der Waals surface area contributed by atoms with E-state index in [-0.39, 0.29) is 24.7 Å². The zero-order valence-electron chi connectivity index (χ0n) is 19.0. The molecule has 1 aromatic heterocycles. The third-order valence-electron chi connectivity index (χ3n) is 5.75. The highest BCUT2D eigenvalue weighted by Gasteiger charge is 2.27. The van der Waals surface area contributed by atoms with Crippen molar-refractivity contribution in [1.82, 2.24) is 29.4 Å². The molecule has 1 aliphatic rings. The van der Waals surface area contributed by atoms with Gasteiger partial charge in [0, 0.05) is 31.6 Å². The van der Waals surface area contributed by atoms with Gasteiger partial charge in [-0.3, -0.25) is 4.79 Å². The number of nitrogens with zero attached hydrogens (tertiary/aromatic N) is 6. The second-order valence-electron chi connectivity index (χ2n) is 7.92. The van der Waals surface area contributed by atoms with E-state index in [1.165, 1.54) is 21.5 Å².